The second kappa shape index (κ2) is 10.8. The maximum atomic E-state index is 14.8. The summed E-state index contributed by atoms with van der Waals surface area (Å²) in [6.07, 6.45) is -4.56. The Kier molecular flexibility index (Phi) is 7.75. The average Bonchev–Trinajstić information content (AvgIpc) is 3.48. The number of halogens is 4. The summed E-state index contributed by atoms with van der Waals surface area (Å²) in [5.41, 5.74) is 4.42. The number of oxime groups is 1. The Morgan fingerprint density at radius 1 is 1.20 bits per heavy atom. The van der Waals surface area contributed by atoms with Crippen LogP contribution < -0.4 is 15.8 Å². The standard InChI is InChI=1S/C24H26F4N8O5/c1-11(34-41-4)13-6-17(36-18(13)19(29)31-10-32-36)12-5-14(21(40-3)30-7-12)20(37)33-16-9-35(8-15(16)25)22(38)23(2,39)24(26,27)28/h5-7,10,15-16,39H,8-9H2,1-4H3,(H,33,37)(H2,29,31,32)/b34-11+/t15-,16+,23?/m0/s1. The number of nitrogens with two attached hydrogens (primary N) is 1. The normalized spacial score (nSPS) is 19.2. The van der Waals surface area contributed by atoms with Crippen LogP contribution >= 0.6 is 0 Å². The Morgan fingerprint density at radius 3 is 2.54 bits per heavy atom. The van der Waals surface area contributed by atoms with Gasteiger partial charge in [0.25, 0.3) is 11.8 Å². The summed E-state index contributed by atoms with van der Waals surface area (Å²) in [6, 6.07) is 1.70. The molecular weight excluding hydrogens is 556 g/mol. The molecule has 0 bridgehead atoms. The lowest BCUT2D eigenvalue weighted by atomic mass is 10.1. The smallest absolute Gasteiger partial charge is 0.426 e. The number of aliphatic hydroxyl groups is 1. The van der Waals surface area contributed by atoms with E-state index >= 15 is 0 Å². The van der Waals surface area contributed by atoms with E-state index in [9.17, 15) is 32.3 Å². The molecule has 3 aromatic rings. The molecule has 1 aliphatic rings. The molecule has 0 spiro atoms. The van der Waals surface area contributed by atoms with Crippen LogP contribution in [-0.4, -0.2) is 98.4 Å². The maximum Gasteiger partial charge on any atom is 0.426 e. The highest BCUT2D eigenvalue weighted by atomic mass is 19.4. The fraction of sp³-hybridized carbons (Fsp3) is 0.417. The molecule has 1 fully saturated rings. The summed E-state index contributed by atoms with van der Waals surface area (Å²) in [4.78, 5) is 39.1. The average molecular weight is 583 g/mol. The van der Waals surface area contributed by atoms with E-state index < -0.39 is 48.9 Å². The van der Waals surface area contributed by atoms with Crippen molar-refractivity contribution < 1.29 is 41.8 Å². The van der Waals surface area contributed by atoms with Crippen LogP contribution in [0.15, 0.2) is 29.8 Å². The molecule has 4 rings (SSSR count). The first kappa shape index (κ1) is 29.4. The minimum atomic E-state index is -5.27. The fourth-order valence-corrected chi connectivity index (χ4v) is 4.39. The molecule has 17 heteroatoms. The van der Waals surface area contributed by atoms with Gasteiger partial charge in [-0.05, 0) is 26.0 Å². The summed E-state index contributed by atoms with van der Waals surface area (Å²) in [5.74, 6) is -2.58. The first-order valence-electron chi connectivity index (χ1n) is 12.0. The lowest BCUT2D eigenvalue weighted by molar-refractivity contribution is -0.249. The second-order valence-corrected chi connectivity index (χ2v) is 9.37. The number of nitrogens with zero attached hydrogens (tertiary/aromatic N) is 6. The summed E-state index contributed by atoms with van der Waals surface area (Å²) >= 11 is 0. The zero-order chi connectivity index (χ0) is 30.3. The number of amides is 2. The van der Waals surface area contributed by atoms with Crippen LogP contribution in [0.1, 0.15) is 29.8 Å². The summed E-state index contributed by atoms with van der Waals surface area (Å²) in [5, 5.41) is 20.2. The van der Waals surface area contributed by atoms with Gasteiger partial charge in [-0.2, -0.15) is 18.3 Å². The number of likely N-dealkylation sites (tertiary alicyclic amines) is 1. The van der Waals surface area contributed by atoms with Crippen molar-refractivity contribution in [2.24, 2.45) is 5.16 Å². The van der Waals surface area contributed by atoms with Crippen LogP contribution in [-0.2, 0) is 9.63 Å². The van der Waals surface area contributed by atoms with E-state index in [0.717, 1.165) is 0 Å². The number of anilines is 1. The minimum Gasteiger partial charge on any atom is -0.480 e. The van der Waals surface area contributed by atoms with Crippen LogP contribution in [0.2, 0.25) is 0 Å². The number of hydrogen-bond acceptors (Lipinski definition) is 10. The molecule has 4 N–H and O–H groups in total. The number of rotatable bonds is 7. The van der Waals surface area contributed by atoms with Crippen LogP contribution in [0.3, 0.4) is 0 Å². The van der Waals surface area contributed by atoms with Gasteiger partial charge in [0.15, 0.2) is 5.82 Å². The summed E-state index contributed by atoms with van der Waals surface area (Å²) in [6.45, 7) is 0.605. The van der Waals surface area contributed by atoms with Crippen molar-refractivity contribution in [3.63, 3.8) is 0 Å². The summed E-state index contributed by atoms with van der Waals surface area (Å²) < 4.78 is 60.8. The Labute approximate surface area is 229 Å². The molecule has 1 aliphatic heterocycles. The number of carbonyl (C=O) groups excluding carboxylic acids is 2. The van der Waals surface area contributed by atoms with Gasteiger partial charge >= 0.3 is 6.18 Å². The van der Waals surface area contributed by atoms with Crippen molar-refractivity contribution in [3.05, 3.63) is 35.8 Å². The van der Waals surface area contributed by atoms with E-state index in [0.29, 0.717) is 32.9 Å². The molecule has 3 atom stereocenters. The van der Waals surface area contributed by atoms with Gasteiger partial charge in [-0.15, -0.1) is 0 Å². The van der Waals surface area contributed by atoms with E-state index in [2.05, 4.69) is 25.5 Å². The lowest BCUT2D eigenvalue weighted by Gasteiger charge is -2.29. The van der Waals surface area contributed by atoms with Gasteiger partial charge in [0, 0.05) is 23.9 Å². The largest absolute Gasteiger partial charge is 0.480 e. The van der Waals surface area contributed by atoms with Crippen LogP contribution in [0.25, 0.3) is 16.8 Å². The molecule has 3 aromatic heterocycles. The topological polar surface area (TPSA) is 170 Å². The molecule has 220 valence electrons. The Bertz CT molecular complexity index is 1520. The molecule has 0 saturated carbocycles. The third kappa shape index (κ3) is 5.31. The molecule has 0 aromatic carbocycles. The number of pyridine rings is 1. The summed E-state index contributed by atoms with van der Waals surface area (Å²) in [7, 11) is 2.64. The van der Waals surface area contributed by atoms with E-state index in [1.807, 2.05) is 0 Å². The van der Waals surface area contributed by atoms with Crippen LogP contribution in [0.5, 0.6) is 5.88 Å². The van der Waals surface area contributed by atoms with Crippen LogP contribution in [0.4, 0.5) is 23.4 Å². The lowest BCUT2D eigenvalue weighted by Crippen LogP contribution is -2.56. The molecule has 0 aliphatic carbocycles. The molecule has 0 radical (unpaired) electrons. The Morgan fingerprint density at radius 2 is 1.90 bits per heavy atom. The zero-order valence-electron chi connectivity index (χ0n) is 22.2. The number of fused-ring (bicyclic) bond motifs is 1. The van der Waals surface area contributed by atoms with E-state index in [4.69, 9.17) is 15.3 Å². The van der Waals surface area contributed by atoms with Crippen molar-refractivity contribution in [2.45, 2.75) is 37.8 Å². The third-order valence-electron chi connectivity index (χ3n) is 6.61. The predicted octanol–water partition coefficient (Wildman–Crippen LogP) is 1.34. The van der Waals surface area contributed by atoms with Crippen LogP contribution in [0, 0.1) is 0 Å². The predicted molar refractivity (Wildman–Crippen MR) is 136 cm³/mol. The van der Waals surface area contributed by atoms with Gasteiger partial charge in [-0.3, -0.25) is 9.59 Å². The number of aromatic nitrogens is 4. The zero-order valence-corrected chi connectivity index (χ0v) is 22.2. The molecule has 13 nitrogen and oxygen atoms in total. The number of nitrogens with one attached hydrogen (secondary N) is 1. The molecule has 1 unspecified atom stereocenters. The number of hydrogen-bond donors (Lipinski definition) is 3. The number of carbonyl (C=O) groups is 2. The second-order valence-electron chi connectivity index (χ2n) is 9.37. The van der Waals surface area contributed by atoms with E-state index in [1.165, 1.54) is 37.3 Å². The minimum absolute atomic E-state index is 0.125. The van der Waals surface area contributed by atoms with Gasteiger partial charge in [-0.1, -0.05) is 5.16 Å². The third-order valence-corrected chi connectivity index (χ3v) is 6.61. The fourth-order valence-electron chi connectivity index (χ4n) is 4.39. The van der Waals surface area contributed by atoms with E-state index in [-0.39, 0.29) is 24.2 Å². The van der Waals surface area contributed by atoms with Crippen molar-refractivity contribution in [1.82, 2.24) is 29.8 Å². The first-order chi connectivity index (χ1) is 19.2. The van der Waals surface area contributed by atoms with Gasteiger partial charge in [-0.25, -0.2) is 18.9 Å². The van der Waals surface area contributed by atoms with Crippen molar-refractivity contribution >= 4 is 28.9 Å². The molecule has 4 heterocycles. The monoisotopic (exact) mass is 582 g/mol. The molecule has 41 heavy (non-hydrogen) atoms. The highest BCUT2D eigenvalue weighted by molar-refractivity contribution is 6.08. The highest BCUT2D eigenvalue weighted by Crippen LogP contribution is 2.33. The van der Waals surface area contributed by atoms with Crippen molar-refractivity contribution in [1.29, 1.82) is 0 Å². The number of ether oxygens (including phenoxy) is 1. The maximum absolute atomic E-state index is 14.8. The van der Waals surface area contributed by atoms with Gasteiger partial charge in [0.05, 0.1) is 31.1 Å². The quantitative estimate of drug-likeness (QED) is 0.211. The Balaban J connectivity index is 1.66. The Hall–Kier alpha value is -4.54. The number of nitrogen functional groups attached to an aromatic ring is 1. The van der Waals surface area contributed by atoms with Gasteiger partial charge in [0.1, 0.15) is 30.7 Å². The molecule has 2 amide bonds. The van der Waals surface area contributed by atoms with Crippen molar-refractivity contribution in [2.75, 3.05) is 33.0 Å². The SMILES string of the molecule is CO/N=C(\C)c1cc(-c2cnc(OC)c(C(=O)N[C@@H]3CN(C(=O)C(C)(O)C(F)(F)F)C[C@@H]3F)c2)n2ncnc(N)c12. The highest BCUT2D eigenvalue weighted by Gasteiger charge is 2.58. The van der Waals surface area contributed by atoms with Crippen molar-refractivity contribution in [3.8, 4) is 17.1 Å². The number of alkyl halides is 4. The van der Waals surface area contributed by atoms with Gasteiger partial charge < -0.3 is 30.6 Å². The molecular formula is C24H26F4N8O5. The van der Waals surface area contributed by atoms with E-state index in [1.54, 1.807) is 13.0 Å². The molecule has 1 saturated heterocycles. The van der Waals surface area contributed by atoms with Gasteiger partial charge in [0.2, 0.25) is 11.5 Å². The number of methoxy groups -OCH3 is 1. The first-order valence-corrected chi connectivity index (χ1v) is 12.0.